The molecule has 0 unspecified atom stereocenters. The van der Waals surface area contributed by atoms with Gasteiger partial charge in [0.25, 0.3) is 0 Å². The van der Waals surface area contributed by atoms with Gasteiger partial charge in [0.1, 0.15) is 12.4 Å². The monoisotopic (exact) mass is 308 g/mol. The molecule has 0 aromatic carbocycles. The Bertz CT molecular complexity index is 619. The molecule has 0 spiro atoms. The number of hydrogen-bond acceptors (Lipinski definition) is 4. The summed E-state index contributed by atoms with van der Waals surface area (Å²) >= 11 is 0. The van der Waals surface area contributed by atoms with Gasteiger partial charge in [-0.25, -0.2) is 4.98 Å². The summed E-state index contributed by atoms with van der Waals surface area (Å²) in [6.45, 7) is -1.55. The van der Waals surface area contributed by atoms with Crippen LogP contribution in [-0.2, 0) is 10.2 Å². The molecule has 0 saturated carbocycles. The van der Waals surface area contributed by atoms with Crippen LogP contribution in [0.3, 0.4) is 0 Å². The van der Waals surface area contributed by atoms with Crippen molar-refractivity contribution in [2.45, 2.75) is 6.18 Å². The normalized spacial score (nSPS) is 11.6. The van der Waals surface area contributed by atoms with Crippen molar-refractivity contribution in [2.75, 3.05) is 17.8 Å². The largest absolute Gasteiger partial charge is 0.402 e. The lowest BCUT2D eigenvalue weighted by atomic mass is 10.2. The molecule has 1 rings (SSSR count). The van der Waals surface area contributed by atoms with Gasteiger partial charge in [-0.2, -0.15) is 26.3 Å². The highest BCUT2D eigenvalue weighted by Crippen LogP contribution is 2.13. The second kappa shape index (κ2) is 6.56. The zero-order chi connectivity index (χ0) is 15.2. The highest BCUT2D eigenvalue weighted by Gasteiger charge is 2.29. The zero-order valence-electron chi connectivity index (χ0n) is 10.0. The number of anilines is 1. The molecule has 1 aromatic heterocycles. The lowest BCUT2D eigenvalue weighted by Gasteiger charge is -2.10. The number of nitrogens with zero attached hydrogens (tertiary/aromatic N) is 1. The van der Waals surface area contributed by atoms with Gasteiger partial charge in [-0.05, 0) is 12.1 Å². The molecule has 0 fully saturated rings. The van der Waals surface area contributed by atoms with Crippen molar-refractivity contribution in [2.24, 2.45) is 5.73 Å². The Kier molecular flexibility index (Phi) is 5.32. The van der Waals surface area contributed by atoms with Gasteiger partial charge in [0.2, 0.25) is 0 Å². The number of nitrogens with one attached hydrogen (secondary N) is 2. The number of pyridine rings is 1. The molecule has 6 nitrogen and oxygen atoms in total. The van der Waals surface area contributed by atoms with Crippen LogP contribution in [0.2, 0.25) is 0 Å². The summed E-state index contributed by atoms with van der Waals surface area (Å²) in [6, 6.07) is 2.78. The molecular weight excluding hydrogens is 297 g/mol. The minimum absolute atomic E-state index is 0.122. The third-order valence-corrected chi connectivity index (χ3v) is 2.80. The van der Waals surface area contributed by atoms with Crippen molar-refractivity contribution in [1.29, 1.82) is 0 Å². The van der Waals surface area contributed by atoms with E-state index in [1.54, 1.807) is 0 Å². The zero-order valence-corrected chi connectivity index (χ0v) is 10.8. The summed E-state index contributed by atoms with van der Waals surface area (Å²) in [7, 11) is -4.36. The smallest absolute Gasteiger partial charge is 0.320 e. The van der Waals surface area contributed by atoms with Gasteiger partial charge >= 0.3 is 16.4 Å². The molecule has 1 heterocycles. The number of hydrogen-bond donors (Lipinski definition) is 3. The molecule has 110 valence electrons. The van der Waals surface area contributed by atoms with E-state index in [-0.39, 0.29) is 12.4 Å². The van der Waals surface area contributed by atoms with E-state index in [1.807, 2.05) is 4.72 Å². The van der Waals surface area contributed by atoms with Gasteiger partial charge in [0, 0.05) is 11.8 Å². The minimum atomic E-state index is -4.64. The first-order valence-corrected chi connectivity index (χ1v) is 6.69. The predicted octanol–water partition coefficient (Wildman–Crippen LogP) is 0.200. The second-order valence-electron chi connectivity index (χ2n) is 3.48. The van der Waals surface area contributed by atoms with E-state index in [1.165, 1.54) is 23.1 Å². The SMILES string of the molecule is NCC#Cc1ccnc(NS(=O)(=O)NCC(F)(F)F)c1. The van der Waals surface area contributed by atoms with Crippen LogP contribution in [-0.4, -0.2) is 32.7 Å². The van der Waals surface area contributed by atoms with Gasteiger partial charge in [0.05, 0.1) is 6.54 Å². The van der Waals surface area contributed by atoms with E-state index < -0.39 is 22.9 Å². The van der Waals surface area contributed by atoms with Crippen LogP contribution in [0.15, 0.2) is 18.3 Å². The van der Waals surface area contributed by atoms with Crippen LogP contribution >= 0.6 is 0 Å². The molecule has 10 heteroatoms. The summed E-state index contributed by atoms with van der Waals surface area (Å²) < 4.78 is 61.7. The van der Waals surface area contributed by atoms with Crippen LogP contribution in [0.25, 0.3) is 0 Å². The summed E-state index contributed by atoms with van der Waals surface area (Å²) in [5.41, 5.74) is 5.61. The van der Waals surface area contributed by atoms with E-state index in [4.69, 9.17) is 5.73 Å². The van der Waals surface area contributed by atoms with Crippen molar-refractivity contribution in [3.8, 4) is 11.8 Å². The third kappa shape index (κ3) is 6.37. The van der Waals surface area contributed by atoms with Gasteiger partial charge in [-0.15, -0.1) is 0 Å². The molecule has 0 radical (unpaired) electrons. The highest BCUT2D eigenvalue weighted by atomic mass is 32.2. The van der Waals surface area contributed by atoms with E-state index in [2.05, 4.69) is 16.8 Å². The van der Waals surface area contributed by atoms with Gasteiger partial charge < -0.3 is 5.73 Å². The quantitative estimate of drug-likeness (QED) is 0.692. The molecule has 0 atom stereocenters. The molecular formula is C10H11F3N4O2S. The van der Waals surface area contributed by atoms with Crippen molar-refractivity contribution >= 4 is 16.0 Å². The third-order valence-electron chi connectivity index (χ3n) is 1.80. The number of rotatable bonds is 4. The van der Waals surface area contributed by atoms with E-state index in [9.17, 15) is 21.6 Å². The molecule has 1 aromatic rings. The lowest BCUT2D eigenvalue weighted by Crippen LogP contribution is -2.37. The van der Waals surface area contributed by atoms with Crippen molar-refractivity contribution < 1.29 is 21.6 Å². The Balaban J connectivity index is 2.77. The summed E-state index contributed by atoms with van der Waals surface area (Å²) in [6.07, 6.45) is -3.38. The molecule has 0 aliphatic carbocycles. The average molecular weight is 308 g/mol. The maximum Gasteiger partial charge on any atom is 0.402 e. The van der Waals surface area contributed by atoms with E-state index in [0.29, 0.717) is 5.56 Å². The van der Waals surface area contributed by atoms with Crippen LogP contribution < -0.4 is 15.2 Å². The first-order valence-electron chi connectivity index (χ1n) is 5.21. The van der Waals surface area contributed by atoms with E-state index >= 15 is 0 Å². The van der Waals surface area contributed by atoms with Crippen molar-refractivity contribution in [1.82, 2.24) is 9.71 Å². The first kappa shape index (κ1) is 16.2. The Morgan fingerprint density at radius 3 is 2.70 bits per heavy atom. The summed E-state index contributed by atoms with van der Waals surface area (Å²) in [5.74, 6) is 5.04. The fourth-order valence-corrected chi connectivity index (χ4v) is 1.88. The molecule has 0 aliphatic rings. The molecule has 0 amide bonds. The molecule has 0 aliphatic heterocycles. The second-order valence-corrected chi connectivity index (χ2v) is 4.98. The fraction of sp³-hybridized carbons (Fsp3) is 0.300. The highest BCUT2D eigenvalue weighted by molar-refractivity contribution is 7.90. The molecule has 0 bridgehead atoms. The van der Waals surface area contributed by atoms with Crippen LogP contribution in [0.4, 0.5) is 19.0 Å². The fourth-order valence-electron chi connectivity index (χ4n) is 1.07. The number of nitrogens with two attached hydrogens (primary N) is 1. The summed E-state index contributed by atoms with van der Waals surface area (Å²) in [4.78, 5) is 3.67. The molecule has 20 heavy (non-hydrogen) atoms. The van der Waals surface area contributed by atoms with Crippen LogP contribution in [0.1, 0.15) is 5.56 Å². The number of alkyl halides is 3. The Morgan fingerprint density at radius 2 is 2.10 bits per heavy atom. The van der Waals surface area contributed by atoms with E-state index in [0.717, 1.165) is 0 Å². The number of aromatic nitrogens is 1. The number of halogens is 3. The van der Waals surface area contributed by atoms with Crippen molar-refractivity contribution in [3.05, 3.63) is 23.9 Å². The van der Waals surface area contributed by atoms with Crippen molar-refractivity contribution in [3.63, 3.8) is 0 Å². The first-order chi connectivity index (χ1) is 9.22. The standard InChI is InChI=1S/C10H11F3N4O2S/c11-10(12,13)7-16-20(18,19)17-9-6-8(2-1-4-14)3-5-15-9/h3,5-6,16H,4,7,14H2,(H,15,17). The maximum atomic E-state index is 11.9. The average Bonchev–Trinajstić information content (AvgIpc) is 2.33. The van der Waals surface area contributed by atoms with Gasteiger partial charge in [0.15, 0.2) is 0 Å². The molecule has 4 N–H and O–H groups in total. The van der Waals surface area contributed by atoms with Crippen LogP contribution in [0, 0.1) is 11.8 Å². The van der Waals surface area contributed by atoms with Gasteiger partial charge in [-0.3, -0.25) is 4.72 Å². The van der Waals surface area contributed by atoms with Crippen LogP contribution in [0.5, 0.6) is 0 Å². The Labute approximate surface area is 113 Å². The predicted molar refractivity (Wildman–Crippen MR) is 66.8 cm³/mol. The minimum Gasteiger partial charge on any atom is -0.320 e. The Hall–Kier alpha value is -1.83. The topological polar surface area (TPSA) is 97.1 Å². The Morgan fingerprint density at radius 1 is 1.40 bits per heavy atom. The maximum absolute atomic E-state index is 11.9. The van der Waals surface area contributed by atoms with Gasteiger partial charge in [-0.1, -0.05) is 11.8 Å². The summed E-state index contributed by atoms with van der Waals surface area (Å²) in [5, 5.41) is 0. The lowest BCUT2D eigenvalue weighted by molar-refractivity contribution is -0.121. The molecule has 0 saturated heterocycles.